The van der Waals surface area contributed by atoms with Crippen LogP contribution < -0.4 is 15.4 Å². The molecule has 0 spiro atoms. The van der Waals surface area contributed by atoms with Crippen molar-refractivity contribution in [3.8, 4) is 5.75 Å². The second kappa shape index (κ2) is 13.5. The molecular formula is C24H30IN5O. The maximum atomic E-state index is 5.71. The van der Waals surface area contributed by atoms with E-state index in [4.69, 9.17) is 4.74 Å². The van der Waals surface area contributed by atoms with Gasteiger partial charge in [0, 0.05) is 51.1 Å². The van der Waals surface area contributed by atoms with Gasteiger partial charge in [-0.15, -0.1) is 24.0 Å². The van der Waals surface area contributed by atoms with E-state index in [0.717, 1.165) is 42.6 Å². The highest BCUT2D eigenvalue weighted by molar-refractivity contribution is 14.0. The predicted octanol–water partition coefficient (Wildman–Crippen LogP) is 4.02. The number of para-hydroxylation sites is 1. The Hall–Kier alpha value is -2.81. The van der Waals surface area contributed by atoms with E-state index in [0.29, 0.717) is 13.2 Å². The van der Waals surface area contributed by atoms with Gasteiger partial charge in [-0.05, 0) is 11.6 Å². The van der Waals surface area contributed by atoms with Crippen LogP contribution in [0.5, 0.6) is 5.75 Å². The molecule has 0 unspecified atom stereocenters. The number of guanidine groups is 1. The van der Waals surface area contributed by atoms with Gasteiger partial charge in [0.2, 0.25) is 0 Å². The first-order valence-electron chi connectivity index (χ1n) is 10.1. The van der Waals surface area contributed by atoms with Gasteiger partial charge in [0.1, 0.15) is 18.2 Å². The summed E-state index contributed by atoms with van der Waals surface area (Å²) < 4.78 is 7.90. The average Bonchev–Trinajstić information content (AvgIpc) is 3.22. The van der Waals surface area contributed by atoms with Crippen LogP contribution in [-0.2, 0) is 19.5 Å². The zero-order chi connectivity index (χ0) is 21.0. The number of imidazole rings is 1. The van der Waals surface area contributed by atoms with Crippen LogP contribution in [0.15, 0.2) is 84.6 Å². The third kappa shape index (κ3) is 7.75. The lowest BCUT2D eigenvalue weighted by molar-refractivity contribution is 0.358. The van der Waals surface area contributed by atoms with Gasteiger partial charge >= 0.3 is 0 Å². The lowest BCUT2D eigenvalue weighted by atomic mass is 10.2. The second-order valence-electron chi connectivity index (χ2n) is 6.77. The molecule has 2 N–H and O–H groups in total. The zero-order valence-electron chi connectivity index (χ0n) is 17.8. The summed E-state index contributed by atoms with van der Waals surface area (Å²) in [4.78, 5) is 8.82. The van der Waals surface area contributed by atoms with Crippen LogP contribution in [0.25, 0.3) is 0 Å². The molecule has 3 rings (SSSR count). The Morgan fingerprint density at radius 1 is 1.13 bits per heavy atom. The predicted molar refractivity (Wildman–Crippen MR) is 137 cm³/mol. The SMILES string of the molecule is C=CCOc1ccccc1CNC(=NC)NCCc1nccn1Cc1ccccc1.I. The Morgan fingerprint density at radius 2 is 1.90 bits per heavy atom. The van der Waals surface area contributed by atoms with Gasteiger partial charge in [-0.3, -0.25) is 4.99 Å². The second-order valence-corrected chi connectivity index (χ2v) is 6.77. The Balaban J connectivity index is 0.00000341. The number of aromatic nitrogens is 2. The van der Waals surface area contributed by atoms with Crippen molar-refractivity contribution in [1.29, 1.82) is 0 Å². The largest absolute Gasteiger partial charge is 0.489 e. The summed E-state index contributed by atoms with van der Waals surface area (Å²) in [5, 5.41) is 6.70. The molecule has 31 heavy (non-hydrogen) atoms. The minimum atomic E-state index is 0. The molecule has 2 aromatic carbocycles. The molecule has 0 atom stereocenters. The number of hydrogen-bond acceptors (Lipinski definition) is 3. The van der Waals surface area contributed by atoms with E-state index in [1.54, 1.807) is 13.1 Å². The smallest absolute Gasteiger partial charge is 0.191 e. The van der Waals surface area contributed by atoms with Crippen molar-refractivity contribution < 1.29 is 4.74 Å². The summed E-state index contributed by atoms with van der Waals surface area (Å²) in [5.74, 6) is 2.64. The van der Waals surface area contributed by atoms with Gasteiger partial charge in [-0.1, -0.05) is 61.2 Å². The van der Waals surface area contributed by atoms with Gasteiger partial charge in [-0.2, -0.15) is 0 Å². The molecule has 7 heteroatoms. The molecule has 0 amide bonds. The molecule has 1 aromatic heterocycles. The van der Waals surface area contributed by atoms with E-state index in [-0.39, 0.29) is 24.0 Å². The maximum Gasteiger partial charge on any atom is 0.191 e. The Kier molecular flexibility index (Phi) is 10.6. The van der Waals surface area contributed by atoms with Gasteiger partial charge in [-0.25, -0.2) is 4.98 Å². The molecule has 0 saturated carbocycles. The highest BCUT2D eigenvalue weighted by Gasteiger charge is 2.06. The van der Waals surface area contributed by atoms with Crippen molar-refractivity contribution in [1.82, 2.24) is 20.2 Å². The molecular weight excluding hydrogens is 501 g/mol. The van der Waals surface area contributed by atoms with Crippen molar-refractivity contribution >= 4 is 29.9 Å². The molecule has 6 nitrogen and oxygen atoms in total. The lowest BCUT2D eigenvalue weighted by Gasteiger charge is -2.14. The Labute approximate surface area is 201 Å². The highest BCUT2D eigenvalue weighted by Crippen LogP contribution is 2.17. The van der Waals surface area contributed by atoms with Crippen molar-refractivity contribution in [3.63, 3.8) is 0 Å². The number of rotatable bonds is 10. The van der Waals surface area contributed by atoms with Crippen LogP contribution >= 0.6 is 24.0 Å². The summed E-state index contributed by atoms with van der Waals surface area (Å²) in [7, 11) is 1.77. The highest BCUT2D eigenvalue weighted by atomic mass is 127. The monoisotopic (exact) mass is 531 g/mol. The summed E-state index contributed by atoms with van der Waals surface area (Å²) in [6.45, 7) is 6.37. The molecule has 0 aliphatic heterocycles. The van der Waals surface area contributed by atoms with E-state index < -0.39 is 0 Å². The molecule has 164 valence electrons. The van der Waals surface area contributed by atoms with E-state index in [2.05, 4.69) is 56.0 Å². The molecule has 0 radical (unpaired) electrons. The average molecular weight is 531 g/mol. The number of aliphatic imine (C=N–C) groups is 1. The van der Waals surface area contributed by atoms with Crippen LogP contribution in [-0.4, -0.2) is 35.7 Å². The van der Waals surface area contributed by atoms with Crippen LogP contribution in [0.2, 0.25) is 0 Å². The van der Waals surface area contributed by atoms with Crippen molar-refractivity contribution in [3.05, 3.63) is 96.6 Å². The standard InChI is InChI=1S/C24H29N5O.HI/c1-3-17-30-22-12-8-7-11-21(22)18-28-24(25-2)27-14-13-23-26-15-16-29(23)19-20-9-5-4-6-10-20;/h3-12,15-16H,1,13-14,17-19H2,2H3,(H2,25,27,28);1H. The fourth-order valence-corrected chi connectivity index (χ4v) is 3.12. The van der Waals surface area contributed by atoms with E-state index in [9.17, 15) is 0 Å². The summed E-state index contributed by atoms with van der Waals surface area (Å²) in [6, 6.07) is 18.4. The third-order valence-corrected chi connectivity index (χ3v) is 4.64. The molecule has 0 fully saturated rings. The Morgan fingerprint density at radius 3 is 2.68 bits per heavy atom. The van der Waals surface area contributed by atoms with Crippen molar-refractivity contribution in [2.45, 2.75) is 19.5 Å². The van der Waals surface area contributed by atoms with Gasteiger partial charge in [0.25, 0.3) is 0 Å². The maximum absolute atomic E-state index is 5.71. The van der Waals surface area contributed by atoms with Crippen molar-refractivity contribution in [2.75, 3.05) is 20.2 Å². The quantitative estimate of drug-likeness (QED) is 0.180. The normalized spacial score (nSPS) is 10.8. The lowest BCUT2D eigenvalue weighted by Crippen LogP contribution is -2.38. The number of ether oxygens (including phenoxy) is 1. The van der Waals surface area contributed by atoms with Gasteiger partial charge in [0.15, 0.2) is 5.96 Å². The fraction of sp³-hybridized carbons (Fsp3) is 0.250. The summed E-state index contributed by atoms with van der Waals surface area (Å²) >= 11 is 0. The van der Waals surface area contributed by atoms with Gasteiger partial charge in [0.05, 0.1) is 0 Å². The van der Waals surface area contributed by atoms with Crippen molar-refractivity contribution in [2.24, 2.45) is 4.99 Å². The molecule has 0 aliphatic rings. The van der Waals surface area contributed by atoms with Crippen LogP contribution in [0.1, 0.15) is 17.0 Å². The molecule has 1 heterocycles. The third-order valence-electron chi connectivity index (χ3n) is 4.64. The first kappa shape index (κ1) is 24.5. The minimum absolute atomic E-state index is 0. The van der Waals surface area contributed by atoms with E-state index in [1.807, 2.05) is 42.7 Å². The zero-order valence-corrected chi connectivity index (χ0v) is 20.2. The van der Waals surface area contributed by atoms with Crippen LogP contribution in [0, 0.1) is 0 Å². The molecule has 3 aromatic rings. The number of benzene rings is 2. The molecule has 0 aliphatic carbocycles. The molecule has 0 saturated heterocycles. The summed E-state index contributed by atoms with van der Waals surface area (Å²) in [6.07, 6.45) is 6.42. The van der Waals surface area contributed by atoms with E-state index in [1.165, 1.54) is 5.56 Å². The number of halogens is 1. The topological polar surface area (TPSA) is 63.5 Å². The number of hydrogen-bond donors (Lipinski definition) is 2. The van der Waals surface area contributed by atoms with E-state index >= 15 is 0 Å². The first-order chi connectivity index (χ1) is 14.8. The molecule has 0 bridgehead atoms. The number of nitrogens with one attached hydrogen (secondary N) is 2. The van der Waals surface area contributed by atoms with Crippen LogP contribution in [0.4, 0.5) is 0 Å². The Bertz CT molecular complexity index is 955. The first-order valence-corrected chi connectivity index (χ1v) is 10.1. The number of nitrogens with zero attached hydrogens (tertiary/aromatic N) is 3. The summed E-state index contributed by atoms with van der Waals surface area (Å²) in [5.41, 5.74) is 2.33. The fourth-order valence-electron chi connectivity index (χ4n) is 3.12. The van der Waals surface area contributed by atoms with Gasteiger partial charge < -0.3 is 19.9 Å². The minimum Gasteiger partial charge on any atom is -0.489 e. The van der Waals surface area contributed by atoms with Crippen LogP contribution in [0.3, 0.4) is 0 Å².